The molecular formula is C16H8Cl2F2N4O3. The van der Waals surface area contributed by atoms with Crippen molar-refractivity contribution in [1.29, 1.82) is 0 Å². The number of carboxylic acids is 1. The van der Waals surface area contributed by atoms with Gasteiger partial charge in [-0.3, -0.25) is 4.79 Å². The molecule has 0 unspecified atom stereocenters. The van der Waals surface area contributed by atoms with Crippen molar-refractivity contribution in [3.8, 4) is 0 Å². The molecule has 4 rings (SSSR count). The molecule has 0 radical (unpaired) electrons. The van der Waals surface area contributed by atoms with E-state index in [2.05, 4.69) is 9.97 Å². The maximum Gasteiger partial charge on any atom is 0.356 e. The minimum atomic E-state index is -1.28. The van der Waals surface area contributed by atoms with Crippen molar-refractivity contribution in [3.63, 3.8) is 0 Å². The lowest BCUT2D eigenvalue weighted by atomic mass is 10.3. The molecule has 7 nitrogen and oxygen atoms in total. The molecule has 0 saturated heterocycles. The second-order valence-corrected chi connectivity index (χ2v) is 5.93. The second-order valence-electron chi connectivity index (χ2n) is 5.11. The number of aromatic nitrogens is 4. The van der Waals surface area contributed by atoms with Crippen LogP contribution in [0.1, 0.15) is 21.0 Å². The molecule has 4 aromatic rings. The van der Waals surface area contributed by atoms with E-state index in [0.717, 1.165) is 0 Å². The molecule has 0 atom stereocenters. The number of halogens is 4. The number of pyridine rings is 2. The van der Waals surface area contributed by atoms with Gasteiger partial charge in [-0.2, -0.15) is 0 Å². The van der Waals surface area contributed by atoms with Crippen LogP contribution in [0.2, 0.25) is 10.0 Å². The second kappa shape index (κ2) is 7.29. The first-order valence-electron chi connectivity index (χ1n) is 7.15. The fourth-order valence-electron chi connectivity index (χ4n) is 2.31. The summed E-state index contributed by atoms with van der Waals surface area (Å²) < 4.78 is 29.4. The predicted molar refractivity (Wildman–Crippen MR) is 92.7 cm³/mol. The number of nitrogens with zero attached hydrogens (tertiary/aromatic N) is 4. The Balaban J connectivity index is 0.000000156. The molecule has 0 aliphatic heterocycles. The Morgan fingerprint density at radius 2 is 1.52 bits per heavy atom. The largest absolute Gasteiger partial charge is 0.476 e. The number of carbonyl (C=O) groups excluding carboxylic acids is 1. The topological polar surface area (TPSA) is 89.0 Å². The molecular weight excluding hydrogens is 405 g/mol. The Morgan fingerprint density at radius 1 is 1.00 bits per heavy atom. The van der Waals surface area contributed by atoms with Gasteiger partial charge in [0.05, 0.1) is 10.0 Å². The van der Waals surface area contributed by atoms with Crippen LogP contribution in [0.3, 0.4) is 0 Å². The summed E-state index contributed by atoms with van der Waals surface area (Å²) in [7, 11) is 0. The maximum atomic E-state index is 13.4. The number of fused-ring (bicyclic) bond motifs is 2. The van der Waals surface area contributed by atoms with Crippen molar-refractivity contribution >= 4 is 46.5 Å². The lowest BCUT2D eigenvalue weighted by molar-refractivity contribution is 0.0693. The van der Waals surface area contributed by atoms with Crippen LogP contribution in [0, 0.1) is 11.6 Å². The molecule has 4 aromatic heterocycles. The van der Waals surface area contributed by atoms with Gasteiger partial charge in [-0.15, -0.1) is 0 Å². The average molecular weight is 413 g/mol. The van der Waals surface area contributed by atoms with Gasteiger partial charge in [0.15, 0.2) is 23.6 Å². The van der Waals surface area contributed by atoms with Crippen LogP contribution in [-0.4, -0.2) is 36.1 Å². The molecule has 0 aromatic carbocycles. The van der Waals surface area contributed by atoms with Crippen LogP contribution in [-0.2, 0) is 0 Å². The highest BCUT2D eigenvalue weighted by atomic mass is 35.5. The molecule has 27 heavy (non-hydrogen) atoms. The number of hydrogen-bond acceptors (Lipinski definition) is 4. The molecule has 0 aliphatic carbocycles. The molecule has 0 spiro atoms. The van der Waals surface area contributed by atoms with E-state index in [1.165, 1.54) is 39.8 Å². The molecule has 1 N–H and O–H groups in total. The monoisotopic (exact) mass is 412 g/mol. The predicted octanol–water partition coefficient (Wildman–Crippen LogP) is 3.76. The van der Waals surface area contributed by atoms with E-state index >= 15 is 0 Å². The van der Waals surface area contributed by atoms with Gasteiger partial charge in [0.2, 0.25) is 0 Å². The maximum absolute atomic E-state index is 13.4. The summed E-state index contributed by atoms with van der Waals surface area (Å²) in [6.45, 7) is 0. The van der Waals surface area contributed by atoms with E-state index in [1.807, 2.05) is 0 Å². The van der Waals surface area contributed by atoms with E-state index in [4.69, 9.17) is 28.3 Å². The van der Waals surface area contributed by atoms with E-state index in [9.17, 15) is 18.4 Å². The average Bonchev–Trinajstić information content (AvgIpc) is 3.26. The zero-order chi connectivity index (χ0) is 19.7. The summed E-state index contributed by atoms with van der Waals surface area (Å²) >= 11 is 11.1. The smallest absolute Gasteiger partial charge is 0.356 e. The summed E-state index contributed by atoms with van der Waals surface area (Å²) in [4.78, 5) is 28.4. The Labute approximate surface area is 159 Å². The minimum absolute atomic E-state index is 0.0175. The van der Waals surface area contributed by atoms with Crippen molar-refractivity contribution in [2.45, 2.75) is 0 Å². The first-order valence-corrected chi connectivity index (χ1v) is 7.90. The van der Waals surface area contributed by atoms with Crippen LogP contribution in [0.4, 0.5) is 8.78 Å². The van der Waals surface area contributed by atoms with Gasteiger partial charge in [0.1, 0.15) is 29.4 Å². The van der Waals surface area contributed by atoms with Crippen molar-refractivity contribution < 1.29 is 23.5 Å². The highest BCUT2D eigenvalue weighted by Gasteiger charge is 2.17. The molecule has 0 fully saturated rings. The quantitative estimate of drug-likeness (QED) is 0.506. The Morgan fingerprint density at radius 3 is 2.07 bits per heavy atom. The number of carboxylic acid groups (broad SMARTS) is 1. The standard InChI is InChI=1S/C8H4ClFN2O2.C8H4ClFN2O/c9-4-1-2-12-3-11-6(8(13)14)7(12)5(4)10;9-5-1-2-12-4-11-6(3-13)8(12)7(5)10/h1-3H,(H,13,14);1-4H. The van der Waals surface area contributed by atoms with Crippen molar-refractivity contribution in [2.75, 3.05) is 0 Å². The molecule has 4 heterocycles. The fourth-order valence-corrected chi connectivity index (χ4v) is 2.60. The number of aromatic carboxylic acids is 1. The lowest BCUT2D eigenvalue weighted by Crippen LogP contribution is -1.99. The van der Waals surface area contributed by atoms with Crippen molar-refractivity contribution in [1.82, 2.24) is 18.8 Å². The zero-order valence-corrected chi connectivity index (χ0v) is 14.6. The molecule has 0 amide bonds. The van der Waals surface area contributed by atoms with Gasteiger partial charge in [0, 0.05) is 12.4 Å². The fraction of sp³-hybridized carbons (Fsp3) is 0. The van der Waals surface area contributed by atoms with Crippen LogP contribution < -0.4 is 0 Å². The molecule has 138 valence electrons. The summed E-state index contributed by atoms with van der Waals surface area (Å²) in [6.07, 6.45) is 6.06. The van der Waals surface area contributed by atoms with Gasteiger partial charge >= 0.3 is 5.97 Å². The van der Waals surface area contributed by atoms with Gasteiger partial charge in [0.25, 0.3) is 0 Å². The third-order valence-electron chi connectivity index (χ3n) is 3.53. The molecule has 0 bridgehead atoms. The van der Waals surface area contributed by atoms with Gasteiger partial charge in [-0.25, -0.2) is 23.5 Å². The van der Waals surface area contributed by atoms with E-state index in [1.54, 1.807) is 6.20 Å². The van der Waals surface area contributed by atoms with Crippen LogP contribution in [0.5, 0.6) is 0 Å². The van der Waals surface area contributed by atoms with E-state index in [-0.39, 0.29) is 32.5 Å². The highest BCUT2D eigenvalue weighted by molar-refractivity contribution is 6.31. The van der Waals surface area contributed by atoms with Crippen LogP contribution in [0.25, 0.3) is 11.0 Å². The highest BCUT2D eigenvalue weighted by Crippen LogP contribution is 2.22. The Bertz CT molecular complexity index is 1190. The van der Waals surface area contributed by atoms with E-state index < -0.39 is 17.6 Å². The van der Waals surface area contributed by atoms with Gasteiger partial charge in [-0.05, 0) is 12.1 Å². The molecule has 0 aliphatic rings. The Hall–Kier alpha value is -3.04. The first-order chi connectivity index (χ1) is 12.8. The zero-order valence-electron chi connectivity index (χ0n) is 13.1. The third-order valence-corrected chi connectivity index (χ3v) is 4.11. The first kappa shape index (κ1) is 18.7. The summed E-state index contributed by atoms with van der Waals surface area (Å²) in [5.41, 5.74) is -0.294. The van der Waals surface area contributed by atoms with Crippen molar-refractivity contribution in [3.05, 3.63) is 70.2 Å². The SMILES string of the molecule is O=C(O)c1ncn2ccc(Cl)c(F)c12.O=Cc1ncn2ccc(Cl)c(F)c12. The van der Waals surface area contributed by atoms with Crippen molar-refractivity contribution in [2.24, 2.45) is 0 Å². The van der Waals surface area contributed by atoms with Crippen LogP contribution >= 0.6 is 23.2 Å². The number of rotatable bonds is 2. The summed E-state index contributed by atoms with van der Waals surface area (Å²) in [6, 6.07) is 2.73. The van der Waals surface area contributed by atoms with Crippen LogP contribution in [0.15, 0.2) is 37.2 Å². The number of hydrogen-bond donors (Lipinski definition) is 1. The summed E-state index contributed by atoms with van der Waals surface area (Å²) in [5, 5.41) is 8.56. The minimum Gasteiger partial charge on any atom is -0.476 e. The van der Waals surface area contributed by atoms with Gasteiger partial charge < -0.3 is 13.9 Å². The summed E-state index contributed by atoms with van der Waals surface area (Å²) in [5.74, 6) is -2.68. The third kappa shape index (κ3) is 3.34. The number of imidazole rings is 2. The number of aldehydes is 1. The lowest BCUT2D eigenvalue weighted by Gasteiger charge is -1.98. The van der Waals surface area contributed by atoms with E-state index in [0.29, 0.717) is 6.29 Å². The molecule has 0 saturated carbocycles. The molecule has 11 heteroatoms. The number of carbonyl (C=O) groups is 2. The van der Waals surface area contributed by atoms with Gasteiger partial charge in [-0.1, -0.05) is 23.2 Å². The normalized spacial score (nSPS) is 10.7. The Kier molecular flexibility index (Phi) is 5.06.